The molecule has 0 radical (unpaired) electrons. The van der Waals surface area contributed by atoms with Crippen molar-refractivity contribution in [2.45, 2.75) is 45.9 Å². The molecule has 0 saturated carbocycles. The predicted molar refractivity (Wildman–Crippen MR) is 104 cm³/mol. The van der Waals surface area contributed by atoms with Gasteiger partial charge < -0.3 is 14.2 Å². The highest BCUT2D eigenvalue weighted by atomic mass is 79.9. The molecule has 4 rings (SSSR count). The number of carbonyl (C=O) groups is 1. The Morgan fingerprint density at radius 1 is 1.23 bits per heavy atom. The second-order valence-corrected chi connectivity index (χ2v) is 8.50. The monoisotopic (exact) mass is 416 g/mol. The number of hydrogen-bond acceptors (Lipinski definition) is 4. The maximum Gasteiger partial charge on any atom is 0.410 e. The van der Waals surface area contributed by atoms with E-state index in [4.69, 9.17) is 9.72 Å². The Hall–Kier alpha value is -2.15. The average Bonchev–Trinajstić information content (AvgIpc) is 2.76. The molecule has 0 saturated heterocycles. The minimum absolute atomic E-state index is 0.287. The lowest BCUT2D eigenvalue weighted by molar-refractivity contribution is 0.0234. The Labute approximate surface area is 160 Å². The molecule has 0 N–H and O–H groups in total. The van der Waals surface area contributed by atoms with E-state index < -0.39 is 5.60 Å². The first-order chi connectivity index (χ1) is 12.3. The summed E-state index contributed by atoms with van der Waals surface area (Å²) in [5, 5.41) is 1.08. The van der Waals surface area contributed by atoms with E-state index in [9.17, 15) is 4.79 Å². The van der Waals surface area contributed by atoms with Crippen LogP contribution in [0, 0.1) is 0 Å². The molecule has 2 aromatic heterocycles. The number of aromatic nitrogens is 3. The zero-order valence-electron chi connectivity index (χ0n) is 15.1. The fraction of sp³-hybridized carbons (Fsp3) is 0.421. The van der Waals surface area contributed by atoms with Gasteiger partial charge in [0.25, 0.3) is 0 Å². The van der Waals surface area contributed by atoms with Gasteiger partial charge in [-0.25, -0.2) is 9.78 Å². The number of ether oxygens (including phenoxy) is 1. The SMILES string of the molecule is CC(C)(C)OC(=O)N1CCCn2c(nc3cnc4cc(Br)ccc4c32)C1. The number of amides is 1. The number of benzene rings is 1. The van der Waals surface area contributed by atoms with Gasteiger partial charge in [-0.15, -0.1) is 0 Å². The Kier molecular flexibility index (Phi) is 4.14. The highest BCUT2D eigenvalue weighted by molar-refractivity contribution is 9.10. The van der Waals surface area contributed by atoms with Crippen LogP contribution in [0.4, 0.5) is 4.79 Å². The van der Waals surface area contributed by atoms with E-state index in [1.807, 2.05) is 39.1 Å². The number of carbonyl (C=O) groups excluding carboxylic acids is 1. The van der Waals surface area contributed by atoms with E-state index in [2.05, 4.69) is 31.5 Å². The molecule has 3 aromatic rings. The first kappa shape index (κ1) is 17.3. The lowest BCUT2D eigenvalue weighted by Crippen LogP contribution is -2.36. The van der Waals surface area contributed by atoms with Crippen LogP contribution in [0.1, 0.15) is 33.0 Å². The third-order valence-electron chi connectivity index (χ3n) is 4.41. The van der Waals surface area contributed by atoms with Gasteiger partial charge in [-0.2, -0.15) is 0 Å². The summed E-state index contributed by atoms with van der Waals surface area (Å²) >= 11 is 3.50. The number of hydrogen-bond donors (Lipinski definition) is 0. The number of pyridine rings is 1. The lowest BCUT2D eigenvalue weighted by Gasteiger charge is -2.25. The molecule has 0 unspecified atom stereocenters. The summed E-state index contributed by atoms with van der Waals surface area (Å²) in [5.41, 5.74) is 2.38. The molecule has 1 aromatic carbocycles. The number of fused-ring (bicyclic) bond motifs is 5. The van der Waals surface area contributed by atoms with E-state index in [0.717, 1.165) is 45.2 Å². The van der Waals surface area contributed by atoms with Crippen LogP contribution in [-0.2, 0) is 17.8 Å². The molecule has 0 fully saturated rings. The molecular formula is C19H21BrN4O2. The topological polar surface area (TPSA) is 60.2 Å². The Morgan fingerprint density at radius 3 is 2.81 bits per heavy atom. The summed E-state index contributed by atoms with van der Waals surface area (Å²) in [5.74, 6) is 0.876. The summed E-state index contributed by atoms with van der Waals surface area (Å²) in [6.07, 6.45) is 2.38. The van der Waals surface area contributed by atoms with Crippen LogP contribution in [0.25, 0.3) is 21.9 Å². The molecule has 0 spiro atoms. The quantitative estimate of drug-likeness (QED) is 0.541. The van der Waals surface area contributed by atoms with Crippen molar-refractivity contribution >= 4 is 44.0 Å². The van der Waals surface area contributed by atoms with Crippen LogP contribution in [0.5, 0.6) is 0 Å². The second kappa shape index (κ2) is 6.23. The molecule has 26 heavy (non-hydrogen) atoms. The smallest absolute Gasteiger partial charge is 0.410 e. The minimum atomic E-state index is -0.503. The molecule has 3 heterocycles. The normalized spacial score (nSPS) is 15.2. The van der Waals surface area contributed by atoms with Crippen LogP contribution in [0.3, 0.4) is 0 Å². The van der Waals surface area contributed by atoms with Gasteiger partial charge in [0.2, 0.25) is 0 Å². The van der Waals surface area contributed by atoms with Crippen molar-refractivity contribution in [3.8, 4) is 0 Å². The van der Waals surface area contributed by atoms with Gasteiger partial charge in [0, 0.05) is 22.9 Å². The highest BCUT2D eigenvalue weighted by Crippen LogP contribution is 2.29. The first-order valence-corrected chi connectivity index (χ1v) is 9.52. The first-order valence-electron chi connectivity index (χ1n) is 8.73. The van der Waals surface area contributed by atoms with Gasteiger partial charge in [-0.05, 0) is 45.4 Å². The number of halogens is 1. The van der Waals surface area contributed by atoms with Crippen molar-refractivity contribution in [3.05, 3.63) is 34.7 Å². The Morgan fingerprint density at radius 2 is 2.04 bits per heavy atom. The third kappa shape index (κ3) is 3.16. The average molecular weight is 417 g/mol. The van der Waals surface area contributed by atoms with E-state index in [1.165, 1.54) is 0 Å². The summed E-state index contributed by atoms with van der Waals surface area (Å²) in [4.78, 5) is 23.5. The van der Waals surface area contributed by atoms with Crippen LogP contribution >= 0.6 is 15.9 Å². The predicted octanol–water partition coefficient (Wildman–Crippen LogP) is 4.49. The number of nitrogens with zero attached hydrogens (tertiary/aromatic N) is 4. The largest absolute Gasteiger partial charge is 0.444 e. The van der Waals surface area contributed by atoms with Gasteiger partial charge in [0.1, 0.15) is 16.9 Å². The van der Waals surface area contributed by atoms with Gasteiger partial charge in [-0.3, -0.25) is 4.98 Å². The minimum Gasteiger partial charge on any atom is -0.444 e. The van der Waals surface area contributed by atoms with Crippen molar-refractivity contribution in [3.63, 3.8) is 0 Å². The zero-order valence-corrected chi connectivity index (χ0v) is 16.7. The van der Waals surface area contributed by atoms with Crippen molar-refractivity contribution in [2.75, 3.05) is 6.54 Å². The number of imidazole rings is 1. The maximum atomic E-state index is 12.5. The fourth-order valence-electron chi connectivity index (χ4n) is 3.35. The Balaban J connectivity index is 1.76. The standard InChI is InChI=1S/C19H21BrN4O2/c1-19(2,3)26-18(25)23-7-4-8-24-16(11-23)22-15-10-21-14-9-12(20)5-6-13(14)17(15)24/h5-6,9-10H,4,7-8,11H2,1-3H3. The molecule has 136 valence electrons. The molecule has 0 aliphatic carbocycles. The zero-order chi connectivity index (χ0) is 18.5. The van der Waals surface area contributed by atoms with Gasteiger partial charge >= 0.3 is 6.09 Å². The second-order valence-electron chi connectivity index (χ2n) is 7.59. The summed E-state index contributed by atoms with van der Waals surface area (Å²) in [6.45, 7) is 7.58. The molecule has 6 nitrogen and oxygen atoms in total. The van der Waals surface area contributed by atoms with Crippen LogP contribution in [0.15, 0.2) is 28.9 Å². The number of aryl methyl sites for hydroxylation is 1. The fourth-order valence-corrected chi connectivity index (χ4v) is 3.70. The molecule has 1 aliphatic heterocycles. The van der Waals surface area contributed by atoms with Crippen molar-refractivity contribution < 1.29 is 9.53 Å². The molecular weight excluding hydrogens is 396 g/mol. The van der Waals surface area contributed by atoms with Crippen LogP contribution in [-0.4, -0.2) is 37.7 Å². The van der Waals surface area contributed by atoms with Crippen LogP contribution in [0.2, 0.25) is 0 Å². The van der Waals surface area contributed by atoms with Crippen molar-refractivity contribution in [1.82, 2.24) is 19.4 Å². The van der Waals surface area contributed by atoms with Gasteiger partial charge in [-0.1, -0.05) is 15.9 Å². The van der Waals surface area contributed by atoms with Gasteiger partial charge in [0.05, 0.1) is 23.8 Å². The maximum absolute atomic E-state index is 12.5. The lowest BCUT2D eigenvalue weighted by atomic mass is 10.2. The van der Waals surface area contributed by atoms with Crippen molar-refractivity contribution in [2.24, 2.45) is 0 Å². The number of rotatable bonds is 0. The van der Waals surface area contributed by atoms with E-state index in [-0.39, 0.29) is 6.09 Å². The molecule has 1 aliphatic rings. The molecule has 0 bridgehead atoms. The summed E-state index contributed by atoms with van der Waals surface area (Å²) < 4.78 is 8.76. The third-order valence-corrected chi connectivity index (χ3v) is 4.90. The van der Waals surface area contributed by atoms with Gasteiger partial charge in [0.15, 0.2) is 0 Å². The van der Waals surface area contributed by atoms with Crippen LogP contribution < -0.4 is 0 Å². The molecule has 1 amide bonds. The van der Waals surface area contributed by atoms with E-state index in [0.29, 0.717) is 13.1 Å². The van der Waals surface area contributed by atoms with E-state index in [1.54, 1.807) is 4.90 Å². The summed E-state index contributed by atoms with van der Waals surface area (Å²) in [7, 11) is 0. The summed E-state index contributed by atoms with van der Waals surface area (Å²) in [6, 6.07) is 6.10. The van der Waals surface area contributed by atoms with Crippen molar-refractivity contribution in [1.29, 1.82) is 0 Å². The Bertz CT molecular complexity index is 1010. The molecule has 7 heteroatoms. The highest BCUT2D eigenvalue weighted by Gasteiger charge is 2.26. The molecule has 0 atom stereocenters. The van der Waals surface area contributed by atoms with E-state index >= 15 is 0 Å².